The van der Waals surface area contributed by atoms with Crippen LogP contribution in [0, 0.1) is 16.7 Å². The highest BCUT2D eigenvalue weighted by atomic mass is 32.1. The lowest BCUT2D eigenvalue weighted by atomic mass is 9.62. The number of hydrogen-bond donors (Lipinski definition) is 1. The van der Waals surface area contributed by atoms with Crippen LogP contribution < -0.4 is 5.32 Å². The fourth-order valence-corrected chi connectivity index (χ4v) is 5.04. The van der Waals surface area contributed by atoms with E-state index < -0.39 is 5.41 Å². The first-order chi connectivity index (χ1) is 12.7. The summed E-state index contributed by atoms with van der Waals surface area (Å²) in [6.45, 7) is 8.20. The number of anilines is 1. The Hall–Kier alpha value is -1.83. The van der Waals surface area contributed by atoms with Crippen molar-refractivity contribution in [1.29, 1.82) is 0 Å². The van der Waals surface area contributed by atoms with Crippen molar-refractivity contribution in [3.63, 3.8) is 0 Å². The highest BCUT2D eigenvalue weighted by Gasteiger charge is 2.64. The molecule has 2 atom stereocenters. The molecule has 2 aliphatic rings. The highest BCUT2D eigenvalue weighted by Crippen LogP contribution is 2.60. The van der Waals surface area contributed by atoms with Gasteiger partial charge in [-0.15, -0.1) is 10.2 Å². The molecule has 0 aromatic carbocycles. The number of hydrogen-bond acceptors (Lipinski definition) is 6. The van der Waals surface area contributed by atoms with E-state index in [1.54, 1.807) is 0 Å². The normalized spacial score (nSPS) is 26.5. The van der Waals surface area contributed by atoms with Gasteiger partial charge in [0.1, 0.15) is 5.01 Å². The second-order valence-electron chi connectivity index (χ2n) is 8.34. The van der Waals surface area contributed by atoms with Crippen LogP contribution in [0.25, 0.3) is 0 Å². The van der Waals surface area contributed by atoms with Crippen molar-refractivity contribution in [2.24, 2.45) is 16.7 Å². The summed E-state index contributed by atoms with van der Waals surface area (Å²) in [4.78, 5) is 39.3. The molecule has 0 radical (unpaired) electrons. The quantitative estimate of drug-likeness (QED) is 0.720. The van der Waals surface area contributed by atoms with Crippen LogP contribution in [0.1, 0.15) is 64.8 Å². The monoisotopic (exact) mass is 392 g/mol. The Bertz CT molecular complexity index is 760. The molecule has 2 unspecified atom stereocenters. The maximum Gasteiger partial charge on any atom is 0.235 e. The minimum Gasteiger partial charge on any atom is -0.300 e. The summed E-state index contributed by atoms with van der Waals surface area (Å²) in [5.74, 6) is -0.675. The maximum absolute atomic E-state index is 13.0. The van der Waals surface area contributed by atoms with Gasteiger partial charge < -0.3 is 5.32 Å². The smallest absolute Gasteiger partial charge is 0.235 e. The predicted molar refractivity (Wildman–Crippen MR) is 103 cm³/mol. The second-order valence-corrected chi connectivity index (χ2v) is 9.40. The molecule has 1 aliphatic heterocycles. The summed E-state index contributed by atoms with van der Waals surface area (Å²) >= 11 is 1.37. The zero-order chi connectivity index (χ0) is 19.8. The molecule has 1 saturated carbocycles. The van der Waals surface area contributed by atoms with E-state index in [4.69, 9.17) is 0 Å². The zero-order valence-corrected chi connectivity index (χ0v) is 17.3. The molecule has 3 rings (SSSR count). The lowest BCUT2D eigenvalue weighted by Gasteiger charge is -2.47. The van der Waals surface area contributed by atoms with E-state index in [0.717, 1.165) is 37.1 Å². The van der Waals surface area contributed by atoms with E-state index in [1.807, 2.05) is 20.8 Å². The van der Waals surface area contributed by atoms with Crippen LogP contribution in [0.15, 0.2) is 0 Å². The van der Waals surface area contributed by atoms with E-state index in [1.165, 1.54) is 16.2 Å². The molecule has 8 heteroatoms. The van der Waals surface area contributed by atoms with Crippen molar-refractivity contribution in [3.05, 3.63) is 5.01 Å². The van der Waals surface area contributed by atoms with E-state index in [-0.39, 0.29) is 42.0 Å². The Morgan fingerprint density at radius 1 is 1.30 bits per heavy atom. The van der Waals surface area contributed by atoms with Crippen LogP contribution in [0.4, 0.5) is 5.13 Å². The SMILES string of the molecule is CCCCc1nnc(NC(=O)CCN2C(=O)C3CCC(C)(C2=O)C3(C)C)s1. The third-order valence-electron chi connectivity index (χ3n) is 6.53. The van der Waals surface area contributed by atoms with Gasteiger partial charge in [0, 0.05) is 25.3 Å². The lowest BCUT2D eigenvalue weighted by molar-refractivity contribution is -0.167. The van der Waals surface area contributed by atoms with Crippen molar-refractivity contribution in [2.75, 3.05) is 11.9 Å². The largest absolute Gasteiger partial charge is 0.300 e. The van der Waals surface area contributed by atoms with E-state index in [0.29, 0.717) is 5.13 Å². The fraction of sp³-hybridized carbons (Fsp3) is 0.737. The van der Waals surface area contributed by atoms with Gasteiger partial charge in [0.15, 0.2) is 0 Å². The van der Waals surface area contributed by atoms with Crippen molar-refractivity contribution >= 4 is 34.2 Å². The lowest BCUT2D eigenvalue weighted by Crippen LogP contribution is -2.59. The minimum absolute atomic E-state index is 0.0740. The van der Waals surface area contributed by atoms with E-state index in [2.05, 4.69) is 22.4 Å². The van der Waals surface area contributed by atoms with Gasteiger partial charge in [0.2, 0.25) is 22.9 Å². The topological polar surface area (TPSA) is 92.3 Å². The maximum atomic E-state index is 13.0. The number of fused-ring (bicyclic) bond motifs is 2. The molecule has 27 heavy (non-hydrogen) atoms. The number of amides is 3. The molecular weight excluding hydrogens is 364 g/mol. The minimum atomic E-state index is -0.532. The zero-order valence-electron chi connectivity index (χ0n) is 16.5. The molecule has 1 aliphatic carbocycles. The van der Waals surface area contributed by atoms with Crippen molar-refractivity contribution in [2.45, 2.75) is 66.2 Å². The van der Waals surface area contributed by atoms with E-state index in [9.17, 15) is 14.4 Å². The number of unbranched alkanes of at least 4 members (excludes halogenated alkanes) is 1. The Kier molecular flexibility index (Phi) is 5.38. The number of nitrogens with zero attached hydrogens (tertiary/aromatic N) is 3. The molecule has 2 fully saturated rings. The Morgan fingerprint density at radius 2 is 2.04 bits per heavy atom. The summed E-state index contributed by atoms with van der Waals surface area (Å²) in [6, 6.07) is 0. The van der Waals surface area contributed by atoms with Gasteiger partial charge in [-0.25, -0.2) is 0 Å². The molecule has 0 spiro atoms. The van der Waals surface area contributed by atoms with Crippen molar-refractivity contribution in [3.8, 4) is 0 Å². The molecule has 1 aromatic rings. The first-order valence-electron chi connectivity index (χ1n) is 9.68. The molecule has 1 N–H and O–H groups in total. The van der Waals surface area contributed by atoms with Gasteiger partial charge in [-0.2, -0.15) is 0 Å². The van der Waals surface area contributed by atoms with Crippen LogP contribution in [0.5, 0.6) is 0 Å². The number of rotatable bonds is 7. The first-order valence-corrected chi connectivity index (χ1v) is 10.5. The van der Waals surface area contributed by atoms with E-state index >= 15 is 0 Å². The average molecular weight is 393 g/mol. The number of carbonyl (C=O) groups is 3. The molecule has 3 amide bonds. The third-order valence-corrected chi connectivity index (χ3v) is 7.43. The number of aryl methyl sites for hydroxylation is 1. The molecule has 7 nitrogen and oxygen atoms in total. The van der Waals surface area contributed by atoms with Crippen LogP contribution >= 0.6 is 11.3 Å². The fourth-order valence-electron chi connectivity index (χ4n) is 4.24. The standard InChI is InChI=1S/C19H28N4O3S/c1-5-6-7-14-21-22-17(27-14)20-13(24)9-11-23-15(25)12-8-10-19(4,16(23)26)18(12,2)3/h12H,5-11H2,1-4H3,(H,20,22,24). The Balaban J connectivity index is 1.58. The highest BCUT2D eigenvalue weighted by molar-refractivity contribution is 7.15. The number of aromatic nitrogens is 2. The van der Waals surface area contributed by atoms with Crippen molar-refractivity contribution < 1.29 is 14.4 Å². The van der Waals surface area contributed by atoms with Crippen LogP contribution in [0.3, 0.4) is 0 Å². The van der Waals surface area contributed by atoms with Gasteiger partial charge in [-0.3, -0.25) is 19.3 Å². The van der Waals surface area contributed by atoms with Gasteiger partial charge in [0.05, 0.1) is 5.41 Å². The van der Waals surface area contributed by atoms with Gasteiger partial charge in [0.25, 0.3) is 0 Å². The Labute approximate surface area is 163 Å². The Morgan fingerprint density at radius 3 is 2.74 bits per heavy atom. The number of piperidine rings is 1. The molecule has 2 heterocycles. The van der Waals surface area contributed by atoms with Crippen molar-refractivity contribution in [1.82, 2.24) is 15.1 Å². The number of likely N-dealkylation sites (tertiary alicyclic amines) is 1. The van der Waals surface area contributed by atoms with Crippen LogP contribution in [0.2, 0.25) is 0 Å². The molecule has 1 aromatic heterocycles. The number of nitrogens with one attached hydrogen (secondary N) is 1. The van der Waals surface area contributed by atoms with Crippen LogP contribution in [-0.2, 0) is 20.8 Å². The number of carbonyl (C=O) groups excluding carboxylic acids is 3. The van der Waals surface area contributed by atoms with Crippen LogP contribution in [-0.4, -0.2) is 39.4 Å². The van der Waals surface area contributed by atoms with Gasteiger partial charge in [-0.05, 0) is 24.7 Å². The summed E-state index contributed by atoms with van der Waals surface area (Å²) < 4.78 is 0. The molecular formula is C19H28N4O3S. The molecule has 1 saturated heterocycles. The average Bonchev–Trinajstić information content (AvgIpc) is 3.12. The summed E-state index contributed by atoms with van der Waals surface area (Å²) in [5, 5.41) is 12.2. The first kappa shape index (κ1) is 19.9. The predicted octanol–water partition coefficient (Wildman–Crippen LogP) is 3.02. The summed E-state index contributed by atoms with van der Waals surface area (Å²) in [7, 11) is 0. The molecule has 148 valence electrons. The third kappa shape index (κ3) is 3.39. The molecule has 2 bridgehead atoms. The summed E-state index contributed by atoms with van der Waals surface area (Å²) in [6.07, 6.45) is 4.51. The van der Waals surface area contributed by atoms with Gasteiger partial charge in [-0.1, -0.05) is 45.5 Å². The second kappa shape index (κ2) is 7.30. The van der Waals surface area contributed by atoms with Gasteiger partial charge >= 0.3 is 0 Å². The number of imide groups is 1. The summed E-state index contributed by atoms with van der Waals surface area (Å²) in [5.41, 5.74) is -0.864.